The monoisotopic (exact) mass is 310 g/mol. The molecule has 1 aliphatic heterocycles. The van der Waals surface area contributed by atoms with Gasteiger partial charge in [-0.05, 0) is 50.0 Å². The molecule has 2 atom stereocenters. The van der Waals surface area contributed by atoms with Crippen molar-refractivity contribution in [1.82, 2.24) is 4.90 Å². The molecular weight excluding hydrogens is 288 g/mol. The van der Waals surface area contributed by atoms with Crippen molar-refractivity contribution in [1.29, 1.82) is 0 Å². The zero-order valence-electron chi connectivity index (χ0n) is 12.5. The highest BCUT2D eigenvalue weighted by Gasteiger charge is 2.27. The third-order valence-corrected chi connectivity index (χ3v) is 4.94. The number of halogens is 1. The van der Waals surface area contributed by atoms with Gasteiger partial charge >= 0.3 is 0 Å². The minimum atomic E-state index is 0.256. The van der Waals surface area contributed by atoms with Crippen LogP contribution in [0.4, 0.5) is 0 Å². The van der Waals surface area contributed by atoms with E-state index >= 15 is 0 Å². The zero-order valence-corrected chi connectivity index (χ0v) is 13.2. The molecule has 3 rings (SSSR count). The van der Waals surface area contributed by atoms with Gasteiger partial charge in [0.05, 0.1) is 5.02 Å². The molecule has 0 aromatic heterocycles. The maximum Gasteiger partial charge on any atom is 0.231 e. The smallest absolute Gasteiger partial charge is 0.231 e. The molecule has 1 aliphatic carbocycles. The average Bonchev–Trinajstić information content (AvgIpc) is 2.96. The number of fused-ring (bicyclic) bond motifs is 1. The summed E-state index contributed by atoms with van der Waals surface area (Å²) in [7, 11) is 2.18. The van der Waals surface area contributed by atoms with E-state index in [-0.39, 0.29) is 6.79 Å². The molecule has 1 heterocycles. The first kappa shape index (κ1) is 14.9. The van der Waals surface area contributed by atoms with Crippen LogP contribution in [0.2, 0.25) is 5.02 Å². The second kappa shape index (κ2) is 6.42. The van der Waals surface area contributed by atoms with Crippen molar-refractivity contribution in [2.45, 2.75) is 38.3 Å². The zero-order chi connectivity index (χ0) is 14.8. The van der Waals surface area contributed by atoms with Crippen LogP contribution in [0.1, 0.15) is 31.2 Å². The largest absolute Gasteiger partial charge is 0.454 e. The van der Waals surface area contributed by atoms with Crippen molar-refractivity contribution in [2.24, 2.45) is 11.7 Å². The van der Waals surface area contributed by atoms with Gasteiger partial charge in [0, 0.05) is 12.6 Å². The first-order chi connectivity index (χ1) is 10.2. The molecule has 0 spiro atoms. The van der Waals surface area contributed by atoms with E-state index in [1.165, 1.54) is 25.7 Å². The van der Waals surface area contributed by atoms with E-state index in [2.05, 4.69) is 11.9 Å². The number of hydrogen-bond acceptors (Lipinski definition) is 4. The lowest BCUT2D eigenvalue weighted by atomic mass is 9.83. The number of ether oxygens (including phenoxy) is 2. The van der Waals surface area contributed by atoms with Gasteiger partial charge < -0.3 is 15.2 Å². The molecule has 4 nitrogen and oxygen atoms in total. The molecule has 0 saturated heterocycles. The molecule has 0 bridgehead atoms. The van der Waals surface area contributed by atoms with Gasteiger partial charge in [0.2, 0.25) is 6.79 Å². The summed E-state index contributed by atoms with van der Waals surface area (Å²) in [6.45, 7) is 1.89. The Morgan fingerprint density at radius 1 is 1.29 bits per heavy atom. The molecule has 1 saturated carbocycles. The molecule has 5 heteroatoms. The molecule has 0 radical (unpaired) electrons. The van der Waals surface area contributed by atoms with Crippen molar-refractivity contribution >= 4 is 11.6 Å². The van der Waals surface area contributed by atoms with Crippen LogP contribution < -0.4 is 15.2 Å². The summed E-state index contributed by atoms with van der Waals surface area (Å²) >= 11 is 6.26. The first-order valence-electron chi connectivity index (χ1n) is 7.67. The predicted octanol–water partition coefficient (Wildman–Crippen LogP) is 3.02. The fourth-order valence-electron chi connectivity index (χ4n) is 3.56. The van der Waals surface area contributed by atoms with Crippen LogP contribution in [0.15, 0.2) is 12.1 Å². The Morgan fingerprint density at radius 2 is 2.10 bits per heavy atom. The summed E-state index contributed by atoms with van der Waals surface area (Å²) in [5.41, 5.74) is 7.10. The SMILES string of the molecule is CN(Cc1cc(Cl)c2c(c1)OCO2)C1CCCCC1CN. The van der Waals surface area contributed by atoms with Crippen molar-refractivity contribution in [2.75, 3.05) is 20.4 Å². The molecule has 1 aromatic carbocycles. The third-order valence-electron chi connectivity index (χ3n) is 4.66. The topological polar surface area (TPSA) is 47.7 Å². The minimum Gasteiger partial charge on any atom is -0.454 e. The Bertz CT molecular complexity index is 509. The van der Waals surface area contributed by atoms with Gasteiger partial charge in [-0.25, -0.2) is 0 Å². The summed E-state index contributed by atoms with van der Waals surface area (Å²) in [5, 5.41) is 0.632. The van der Waals surface area contributed by atoms with Crippen LogP contribution in [0, 0.1) is 5.92 Å². The van der Waals surface area contributed by atoms with E-state index < -0.39 is 0 Å². The van der Waals surface area contributed by atoms with E-state index in [0.717, 1.165) is 24.4 Å². The van der Waals surface area contributed by atoms with Gasteiger partial charge in [0.25, 0.3) is 0 Å². The summed E-state index contributed by atoms with van der Waals surface area (Å²) in [5.74, 6) is 2.03. The molecule has 21 heavy (non-hydrogen) atoms. The van der Waals surface area contributed by atoms with E-state index in [4.69, 9.17) is 26.8 Å². The van der Waals surface area contributed by atoms with Gasteiger partial charge in [-0.2, -0.15) is 0 Å². The van der Waals surface area contributed by atoms with Gasteiger partial charge in [-0.1, -0.05) is 24.4 Å². The lowest BCUT2D eigenvalue weighted by Gasteiger charge is -2.37. The second-order valence-electron chi connectivity index (χ2n) is 6.07. The molecule has 2 unspecified atom stereocenters. The maximum absolute atomic E-state index is 6.26. The summed E-state index contributed by atoms with van der Waals surface area (Å²) in [6.07, 6.45) is 5.08. The first-order valence-corrected chi connectivity index (χ1v) is 8.05. The minimum absolute atomic E-state index is 0.256. The molecule has 2 N–H and O–H groups in total. The molecule has 2 aliphatic rings. The van der Waals surface area contributed by atoms with Crippen molar-refractivity contribution in [3.63, 3.8) is 0 Å². The fraction of sp³-hybridized carbons (Fsp3) is 0.625. The molecule has 0 amide bonds. The van der Waals surface area contributed by atoms with Gasteiger partial charge in [0.15, 0.2) is 11.5 Å². The standard InChI is InChI=1S/C16H23ClN2O2/c1-19(14-5-3-2-4-12(14)8-18)9-11-6-13(17)16-15(7-11)20-10-21-16/h6-7,12,14H,2-5,8-10,18H2,1H3. The molecule has 1 fully saturated rings. The quantitative estimate of drug-likeness (QED) is 0.928. The van der Waals surface area contributed by atoms with Crippen LogP contribution in [0.25, 0.3) is 0 Å². The lowest BCUT2D eigenvalue weighted by molar-refractivity contribution is 0.127. The summed E-state index contributed by atoms with van der Waals surface area (Å²) < 4.78 is 10.8. The van der Waals surface area contributed by atoms with E-state index in [0.29, 0.717) is 22.7 Å². The number of benzene rings is 1. The summed E-state index contributed by atoms with van der Waals surface area (Å²) in [4.78, 5) is 2.41. The third kappa shape index (κ3) is 3.12. The van der Waals surface area contributed by atoms with E-state index in [9.17, 15) is 0 Å². The Labute approximate surface area is 131 Å². The number of hydrogen-bond donors (Lipinski definition) is 1. The van der Waals surface area contributed by atoms with E-state index in [1.807, 2.05) is 12.1 Å². The highest BCUT2D eigenvalue weighted by Crippen LogP contribution is 2.40. The Balaban J connectivity index is 1.72. The Hall–Kier alpha value is -0.970. The average molecular weight is 311 g/mol. The van der Waals surface area contributed by atoms with Crippen molar-refractivity contribution in [3.05, 3.63) is 22.7 Å². The van der Waals surface area contributed by atoms with E-state index in [1.54, 1.807) is 0 Å². The molecule has 116 valence electrons. The number of rotatable bonds is 4. The Kier molecular flexibility index (Phi) is 4.57. The van der Waals surface area contributed by atoms with Crippen LogP contribution in [-0.2, 0) is 6.54 Å². The lowest BCUT2D eigenvalue weighted by Crippen LogP contribution is -2.42. The number of nitrogens with zero attached hydrogens (tertiary/aromatic N) is 1. The fourth-order valence-corrected chi connectivity index (χ4v) is 3.85. The van der Waals surface area contributed by atoms with Gasteiger partial charge in [0.1, 0.15) is 0 Å². The maximum atomic E-state index is 6.26. The number of nitrogens with two attached hydrogens (primary N) is 1. The van der Waals surface area contributed by atoms with Crippen LogP contribution >= 0.6 is 11.6 Å². The normalized spacial score (nSPS) is 24.6. The van der Waals surface area contributed by atoms with Gasteiger partial charge in [-0.15, -0.1) is 0 Å². The van der Waals surface area contributed by atoms with Crippen LogP contribution in [0.3, 0.4) is 0 Å². The van der Waals surface area contributed by atoms with Gasteiger partial charge in [-0.3, -0.25) is 4.90 Å². The summed E-state index contributed by atoms with van der Waals surface area (Å²) in [6, 6.07) is 4.57. The van der Waals surface area contributed by atoms with Crippen LogP contribution in [-0.4, -0.2) is 31.3 Å². The van der Waals surface area contributed by atoms with Crippen molar-refractivity contribution in [3.8, 4) is 11.5 Å². The molecular formula is C16H23ClN2O2. The highest BCUT2D eigenvalue weighted by molar-refractivity contribution is 6.32. The molecule has 1 aromatic rings. The Morgan fingerprint density at radius 3 is 2.90 bits per heavy atom. The highest BCUT2D eigenvalue weighted by atomic mass is 35.5. The second-order valence-corrected chi connectivity index (χ2v) is 6.48. The van der Waals surface area contributed by atoms with Crippen molar-refractivity contribution < 1.29 is 9.47 Å². The predicted molar refractivity (Wildman–Crippen MR) is 83.8 cm³/mol. The van der Waals surface area contributed by atoms with Crippen LogP contribution in [0.5, 0.6) is 11.5 Å².